The Morgan fingerprint density at radius 3 is 1.00 bits per heavy atom. The summed E-state index contributed by atoms with van der Waals surface area (Å²) in [4.78, 5) is 0. The van der Waals surface area contributed by atoms with Crippen LogP contribution in [0, 0.1) is 0 Å². The van der Waals surface area contributed by atoms with Gasteiger partial charge in [0.25, 0.3) is 0 Å². The molecule has 0 atom stereocenters. The molecule has 0 saturated heterocycles. The standard InChI is InChI=1S/Al.Cu.H2S.Zn.3H/h;;1H2;;;;. The topological polar surface area (TPSA) is 0 Å². The van der Waals surface area contributed by atoms with Crippen LogP contribution >= 0.6 is 13.5 Å². The molecule has 0 heterocycles. The van der Waals surface area contributed by atoms with E-state index >= 15 is 0 Å². The van der Waals surface area contributed by atoms with E-state index in [-0.39, 0.29) is 67.4 Å². The van der Waals surface area contributed by atoms with E-state index in [1.807, 2.05) is 0 Å². The van der Waals surface area contributed by atoms with Crippen LogP contribution in [0.4, 0.5) is 0 Å². The normalized spacial score (nSPS) is 0. The van der Waals surface area contributed by atoms with Gasteiger partial charge in [0.2, 0.25) is 0 Å². The summed E-state index contributed by atoms with van der Waals surface area (Å²) >= 11 is 0. The summed E-state index contributed by atoms with van der Waals surface area (Å²) < 4.78 is 0. The molecular weight excluding hydrogens is 188 g/mol. The maximum absolute atomic E-state index is 0. The molecule has 27 valence electrons. The minimum absolute atomic E-state index is 0. The van der Waals surface area contributed by atoms with E-state index in [0.29, 0.717) is 0 Å². The van der Waals surface area contributed by atoms with Gasteiger partial charge in [0.1, 0.15) is 0 Å². The first-order chi connectivity index (χ1) is 0. The van der Waals surface area contributed by atoms with Crippen LogP contribution in [0.5, 0.6) is 0 Å². The Bertz CT molecular complexity index is 8.00. The Labute approximate surface area is 66.9 Å². The van der Waals surface area contributed by atoms with Crippen LogP contribution in [0.25, 0.3) is 0 Å². The summed E-state index contributed by atoms with van der Waals surface area (Å²) in [5.74, 6) is 0. The molecule has 0 fully saturated rings. The SMILES string of the molecule is S.[AlH3].[Cu].[Zn]. The van der Waals surface area contributed by atoms with Crippen molar-refractivity contribution in [2.45, 2.75) is 0 Å². The molecule has 0 aliphatic rings. The molecule has 0 aromatic rings. The van der Waals surface area contributed by atoms with E-state index in [1.165, 1.54) is 0 Å². The van der Waals surface area contributed by atoms with Crippen LogP contribution in [-0.2, 0) is 36.5 Å². The van der Waals surface area contributed by atoms with Crippen LogP contribution < -0.4 is 0 Å². The molecule has 0 unspecified atom stereocenters. The van der Waals surface area contributed by atoms with Gasteiger partial charge in [-0.1, -0.05) is 0 Å². The van der Waals surface area contributed by atoms with Gasteiger partial charge in [0.05, 0.1) is 0 Å². The summed E-state index contributed by atoms with van der Waals surface area (Å²) in [6, 6.07) is 0. The molecule has 0 nitrogen and oxygen atoms in total. The zero-order valence-corrected chi connectivity index (χ0v) is 6.42. The Kier molecular flexibility index (Phi) is 184. The third-order valence-corrected chi connectivity index (χ3v) is 0. The third-order valence-electron chi connectivity index (χ3n) is 0. The van der Waals surface area contributed by atoms with E-state index in [0.717, 1.165) is 0 Å². The molecule has 0 aromatic heterocycles. The third kappa shape index (κ3) is 8.98. The molecule has 0 rings (SSSR count). The van der Waals surface area contributed by atoms with Crippen molar-refractivity contribution in [3.05, 3.63) is 0 Å². The van der Waals surface area contributed by atoms with Crippen molar-refractivity contribution in [2.75, 3.05) is 0 Å². The Balaban J connectivity index is 0. The van der Waals surface area contributed by atoms with Crippen molar-refractivity contribution in [1.29, 1.82) is 0 Å². The van der Waals surface area contributed by atoms with Crippen LogP contribution in [0.3, 0.4) is 0 Å². The molecule has 1 radical (unpaired) electrons. The van der Waals surface area contributed by atoms with Gasteiger partial charge in [-0.3, -0.25) is 0 Å². The molecule has 0 bridgehead atoms. The molecule has 0 aromatic carbocycles. The Morgan fingerprint density at radius 1 is 1.00 bits per heavy atom. The van der Waals surface area contributed by atoms with Gasteiger partial charge in [0.15, 0.2) is 17.4 Å². The quantitative estimate of drug-likeness (QED) is 0.429. The summed E-state index contributed by atoms with van der Waals surface area (Å²) in [5, 5.41) is 0. The minimum Gasteiger partial charge on any atom is -0.197 e. The van der Waals surface area contributed by atoms with Crippen molar-refractivity contribution in [2.24, 2.45) is 0 Å². The maximum atomic E-state index is 0. The van der Waals surface area contributed by atoms with Gasteiger partial charge in [-0.25, -0.2) is 0 Å². The minimum atomic E-state index is 0. The molecule has 0 N–H and O–H groups in total. The van der Waals surface area contributed by atoms with E-state index in [9.17, 15) is 0 Å². The molecule has 0 saturated carbocycles. The van der Waals surface area contributed by atoms with E-state index in [2.05, 4.69) is 0 Å². The Morgan fingerprint density at radius 2 is 1.00 bits per heavy atom. The average Bonchev–Trinajstić information content (AvgIpc) is 0. The van der Waals surface area contributed by atoms with E-state index in [1.54, 1.807) is 0 Å². The molecule has 0 spiro atoms. The molecule has 0 amide bonds. The van der Waals surface area contributed by atoms with Gasteiger partial charge >= 0.3 is 0 Å². The fourth-order valence-corrected chi connectivity index (χ4v) is 0. The van der Waals surface area contributed by atoms with Crippen molar-refractivity contribution < 1.29 is 36.5 Å². The van der Waals surface area contributed by atoms with Crippen molar-refractivity contribution in [3.63, 3.8) is 0 Å². The second kappa shape index (κ2) is 19.9. The second-order valence-electron chi connectivity index (χ2n) is 0. The van der Waals surface area contributed by atoms with Crippen molar-refractivity contribution in [3.8, 4) is 0 Å². The molecular formula is H5AlCuSZn. The molecule has 0 aliphatic carbocycles. The summed E-state index contributed by atoms with van der Waals surface area (Å²) in [5.41, 5.74) is 0. The number of hydrogen-bond acceptors (Lipinski definition) is 0. The van der Waals surface area contributed by atoms with Crippen molar-refractivity contribution >= 4 is 30.9 Å². The van der Waals surface area contributed by atoms with Crippen LogP contribution in [0.1, 0.15) is 0 Å². The predicted octanol–water partition coefficient (Wildman–Crippen LogP) is -1.08. The summed E-state index contributed by atoms with van der Waals surface area (Å²) in [6.07, 6.45) is 0. The Hall–Kier alpha value is 2.03. The smallest absolute Gasteiger partial charge is 0.187 e. The molecule has 4 heteroatoms. The summed E-state index contributed by atoms with van der Waals surface area (Å²) in [6.45, 7) is 0. The molecule has 4 heavy (non-hydrogen) atoms. The largest absolute Gasteiger partial charge is 0.197 e. The monoisotopic (exact) mass is 191 g/mol. The number of rotatable bonds is 0. The molecule has 0 aliphatic heterocycles. The van der Waals surface area contributed by atoms with Gasteiger partial charge < -0.3 is 0 Å². The first-order valence-corrected chi connectivity index (χ1v) is 0. The maximum Gasteiger partial charge on any atom is 0.187 e. The van der Waals surface area contributed by atoms with Crippen LogP contribution in [-0.4, -0.2) is 17.4 Å². The van der Waals surface area contributed by atoms with Gasteiger partial charge in [-0.05, 0) is 0 Å². The van der Waals surface area contributed by atoms with E-state index in [4.69, 9.17) is 0 Å². The predicted molar refractivity (Wildman–Crippen MR) is 20.3 cm³/mol. The zero-order valence-electron chi connectivity index (χ0n) is 1.51. The fraction of sp³-hybridized carbons (Fsp3) is 0. The van der Waals surface area contributed by atoms with Crippen molar-refractivity contribution in [1.82, 2.24) is 0 Å². The van der Waals surface area contributed by atoms with Gasteiger partial charge in [-0.2, -0.15) is 13.5 Å². The van der Waals surface area contributed by atoms with E-state index < -0.39 is 0 Å². The fourth-order valence-electron chi connectivity index (χ4n) is 0. The second-order valence-corrected chi connectivity index (χ2v) is 0. The van der Waals surface area contributed by atoms with Gasteiger partial charge in [0, 0.05) is 36.5 Å². The first kappa shape index (κ1) is 37.1. The average molecular weight is 193 g/mol. The summed E-state index contributed by atoms with van der Waals surface area (Å²) in [7, 11) is 0. The first-order valence-electron chi connectivity index (χ1n) is 0. The van der Waals surface area contributed by atoms with Gasteiger partial charge in [-0.15, -0.1) is 0 Å². The van der Waals surface area contributed by atoms with Crippen LogP contribution in [0.15, 0.2) is 0 Å². The van der Waals surface area contributed by atoms with Crippen LogP contribution in [0.2, 0.25) is 0 Å². The number of hydrogen-bond donors (Lipinski definition) is 0. The zero-order chi connectivity index (χ0) is 0.